The van der Waals surface area contributed by atoms with Gasteiger partial charge in [0.25, 0.3) is 0 Å². The minimum Gasteiger partial charge on any atom is -0.507 e. The molecule has 3 aromatic carbocycles. The van der Waals surface area contributed by atoms with Crippen LogP contribution in [0, 0.1) is 0 Å². The smallest absolute Gasteiger partial charge is 0.347 e. The first-order valence-electron chi connectivity index (χ1n) is 7.43. The number of benzene rings is 3. The van der Waals surface area contributed by atoms with Crippen LogP contribution in [-0.4, -0.2) is 10.9 Å². The van der Waals surface area contributed by atoms with Crippen molar-refractivity contribution < 1.29 is 14.3 Å². The number of ketones is 1. The number of rotatable bonds is 2. The molecular formula is C20H12O4. The maximum atomic E-state index is 12.9. The van der Waals surface area contributed by atoms with Crippen LogP contribution in [0.15, 0.2) is 75.9 Å². The number of phenolic OH excluding ortho intramolecular Hbond substituents is 1. The summed E-state index contributed by atoms with van der Waals surface area (Å²) in [6.45, 7) is 0. The summed E-state index contributed by atoms with van der Waals surface area (Å²) in [5.41, 5.74) is 0.0981. The first kappa shape index (κ1) is 14.2. The van der Waals surface area contributed by atoms with Crippen LogP contribution in [0.5, 0.6) is 5.75 Å². The lowest BCUT2D eigenvalue weighted by atomic mass is 9.97. The molecule has 0 amide bonds. The van der Waals surface area contributed by atoms with E-state index < -0.39 is 11.4 Å². The van der Waals surface area contributed by atoms with Crippen LogP contribution >= 0.6 is 0 Å². The van der Waals surface area contributed by atoms with Gasteiger partial charge in [-0.2, -0.15) is 0 Å². The number of para-hydroxylation sites is 1. The summed E-state index contributed by atoms with van der Waals surface area (Å²) < 4.78 is 5.25. The van der Waals surface area contributed by atoms with Gasteiger partial charge in [-0.05, 0) is 29.7 Å². The van der Waals surface area contributed by atoms with Crippen LogP contribution in [0.4, 0.5) is 0 Å². The zero-order valence-corrected chi connectivity index (χ0v) is 12.5. The van der Waals surface area contributed by atoms with E-state index in [4.69, 9.17) is 4.42 Å². The third kappa shape index (κ3) is 2.16. The van der Waals surface area contributed by atoms with Crippen LogP contribution in [-0.2, 0) is 0 Å². The minimum atomic E-state index is -0.671. The Bertz CT molecular complexity index is 1160. The lowest BCUT2D eigenvalue weighted by Crippen LogP contribution is -2.15. The number of phenols is 1. The van der Waals surface area contributed by atoms with Gasteiger partial charge in [0.1, 0.15) is 16.9 Å². The maximum absolute atomic E-state index is 12.9. The standard InChI is InChI=1S/C20H12O4/c21-17-10-9-15(13-6-2-3-7-14(13)17)19(22)16-11-12-5-1-4-8-18(12)24-20(16)23/h1-11,21H. The second-order valence-corrected chi connectivity index (χ2v) is 5.49. The predicted molar refractivity (Wildman–Crippen MR) is 91.5 cm³/mol. The Balaban J connectivity index is 1.96. The van der Waals surface area contributed by atoms with Crippen molar-refractivity contribution in [1.82, 2.24) is 0 Å². The Morgan fingerprint density at radius 3 is 2.38 bits per heavy atom. The number of hydrogen-bond donors (Lipinski definition) is 1. The molecule has 24 heavy (non-hydrogen) atoms. The fourth-order valence-electron chi connectivity index (χ4n) is 2.85. The number of hydrogen-bond acceptors (Lipinski definition) is 4. The van der Waals surface area contributed by atoms with Gasteiger partial charge in [0.2, 0.25) is 5.78 Å². The lowest BCUT2D eigenvalue weighted by molar-refractivity contribution is 0.103. The summed E-state index contributed by atoms with van der Waals surface area (Å²) in [5.74, 6) is -0.335. The van der Waals surface area contributed by atoms with E-state index in [-0.39, 0.29) is 11.3 Å². The van der Waals surface area contributed by atoms with Gasteiger partial charge in [0, 0.05) is 16.3 Å². The van der Waals surface area contributed by atoms with Crippen LogP contribution in [0.25, 0.3) is 21.7 Å². The van der Waals surface area contributed by atoms with Gasteiger partial charge in [0.15, 0.2) is 0 Å². The van der Waals surface area contributed by atoms with E-state index in [9.17, 15) is 14.7 Å². The highest BCUT2D eigenvalue weighted by Gasteiger charge is 2.18. The summed E-state index contributed by atoms with van der Waals surface area (Å²) in [6.07, 6.45) is 0. The molecule has 4 aromatic rings. The molecule has 1 heterocycles. The van der Waals surface area contributed by atoms with Crippen molar-refractivity contribution in [3.63, 3.8) is 0 Å². The summed E-state index contributed by atoms with van der Waals surface area (Å²) >= 11 is 0. The molecule has 0 bridgehead atoms. The summed E-state index contributed by atoms with van der Waals surface area (Å²) in [7, 11) is 0. The van der Waals surface area contributed by atoms with Crippen LogP contribution in [0.3, 0.4) is 0 Å². The lowest BCUT2D eigenvalue weighted by Gasteiger charge is -2.07. The van der Waals surface area contributed by atoms with Crippen LogP contribution < -0.4 is 5.63 Å². The molecule has 0 radical (unpaired) electrons. The highest BCUT2D eigenvalue weighted by molar-refractivity contribution is 6.17. The summed E-state index contributed by atoms with van der Waals surface area (Å²) in [6, 6.07) is 18.6. The molecule has 4 heteroatoms. The second kappa shape index (κ2) is 5.35. The third-order valence-corrected chi connectivity index (χ3v) is 4.03. The Hall–Kier alpha value is -3.40. The fraction of sp³-hybridized carbons (Fsp3) is 0. The highest BCUT2D eigenvalue weighted by atomic mass is 16.4. The van der Waals surface area contributed by atoms with Crippen molar-refractivity contribution in [1.29, 1.82) is 0 Å². The molecular weight excluding hydrogens is 304 g/mol. The first-order chi connectivity index (χ1) is 11.6. The summed E-state index contributed by atoms with van der Waals surface area (Å²) in [4.78, 5) is 25.1. The Kier molecular flexibility index (Phi) is 3.17. The van der Waals surface area contributed by atoms with E-state index in [0.717, 1.165) is 0 Å². The summed E-state index contributed by atoms with van der Waals surface area (Å²) in [5, 5.41) is 11.8. The molecule has 0 atom stereocenters. The third-order valence-electron chi connectivity index (χ3n) is 4.03. The van der Waals surface area contributed by atoms with E-state index in [1.807, 2.05) is 6.07 Å². The molecule has 0 aliphatic rings. The Morgan fingerprint density at radius 2 is 1.54 bits per heavy atom. The molecule has 0 spiro atoms. The number of carbonyl (C=O) groups is 1. The van der Waals surface area contributed by atoms with Crippen molar-refractivity contribution in [3.8, 4) is 5.75 Å². The molecule has 116 valence electrons. The minimum absolute atomic E-state index is 0.0236. The zero-order chi connectivity index (χ0) is 16.7. The van der Waals surface area contributed by atoms with Crippen LogP contribution in [0.1, 0.15) is 15.9 Å². The molecule has 0 aliphatic carbocycles. The van der Waals surface area contributed by atoms with Crippen molar-refractivity contribution in [2.45, 2.75) is 0 Å². The number of carbonyl (C=O) groups excluding carboxylic acids is 1. The van der Waals surface area contributed by atoms with Crippen molar-refractivity contribution in [3.05, 3.63) is 88.3 Å². The van der Waals surface area contributed by atoms with Gasteiger partial charge < -0.3 is 9.52 Å². The van der Waals surface area contributed by atoms with E-state index in [1.165, 1.54) is 12.1 Å². The van der Waals surface area contributed by atoms with E-state index in [0.29, 0.717) is 27.3 Å². The van der Waals surface area contributed by atoms with Crippen LogP contribution in [0.2, 0.25) is 0 Å². The van der Waals surface area contributed by atoms with Gasteiger partial charge in [-0.1, -0.05) is 42.5 Å². The molecule has 4 rings (SSSR count). The highest BCUT2D eigenvalue weighted by Crippen LogP contribution is 2.28. The molecule has 0 fully saturated rings. The normalized spacial score (nSPS) is 11.0. The van der Waals surface area contributed by atoms with Gasteiger partial charge in [-0.15, -0.1) is 0 Å². The topological polar surface area (TPSA) is 67.5 Å². The molecule has 0 saturated heterocycles. The second-order valence-electron chi connectivity index (χ2n) is 5.49. The maximum Gasteiger partial charge on any atom is 0.347 e. The van der Waals surface area contributed by atoms with Crippen molar-refractivity contribution >= 4 is 27.5 Å². The van der Waals surface area contributed by atoms with Gasteiger partial charge in [-0.3, -0.25) is 4.79 Å². The molecule has 4 nitrogen and oxygen atoms in total. The predicted octanol–water partition coefficient (Wildman–Crippen LogP) is 3.88. The number of aromatic hydroxyl groups is 1. The quantitative estimate of drug-likeness (QED) is 0.450. The Morgan fingerprint density at radius 1 is 0.833 bits per heavy atom. The first-order valence-corrected chi connectivity index (χ1v) is 7.43. The average Bonchev–Trinajstić information content (AvgIpc) is 2.61. The van der Waals surface area contributed by atoms with Gasteiger partial charge in [-0.25, -0.2) is 4.79 Å². The molecule has 0 saturated carbocycles. The van der Waals surface area contributed by atoms with Crippen molar-refractivity contribution in [2.75, 3.05) is 0 Å². The Labute approximate surface area is 136 Å². The zero-order valence-electron chi connectivity index (χ0n) is 12.5. The molecule has 0 unspecified atom stereocenters. The van der Waals surface area contributed by atoms with Crippen molar-refractivity contribution in [2.24, 2.45) is 0 Å². The fourth-order valence-corrected chi connectivity index (χ4v) is 2.85. The molecule has 0 aliphatic heterocycles. The largest absolute Gasteiger partial charge is 0.507 e. The van der Waals surface area contributed by atoms with Gasteiger partial charge >= 0.3 is 5.63 Å². The number of fused-ring (bicyclic) bond motifs is 2. The van der Waals surface area contributed by atoms with E-state index in [1.54, 1.807) is 48.5 Å². The van der Waals surface area contributed by atoms with E-state index in [2.05, 4.69) is 0 Å². The van der Waals surface area contributed by atoms with Gasteiger partial charge in [0.05, 0.1) is 0 Å². The SMILES string of the molecule is O=C(c1cc2ccccc2oc1=O)c1ccc(O)c2ccccc12. The average molecular weight is 316 g/mol. The van der Waals surface area contributed by atoms with E-state index >= 15 is 0 Å². The molecule has 1 aromatic heterocycles. The molecule has 1 N–H and O–H groups in total. The monoisotopic (exact) mass is 316 g/mol.